The molecule has 0 bridgehead atoms. The first-order valence-corrected chi connectivity index (χ1v) is 13.2. The third kappa shape index (κ3) is 9.56. The van der Waals surface area contributed by atoms with Crippen molar-refractivity contribution in [1.29, 1.82) is 0 Å². The van der Waals surface area contributed by atoms with Crippen LogP contribution in [0.15, 0.2) is 24.3 Å². The highest BCUT2D eigenvalue weighted by atomic mass is 127. The van der Waals surface area contributed by atoms with Crippen LogP contribution in [0.3, 0.4) is 0 Å². The molecule has 2 amide bonds. The zero-order valence-electron chi connectivity index (χ0n) is 19.2. The van der Waals surface area contributed by atoms with E-state index >= 15 is 0 Å². The average molecular weight is 588 g/mol. The summed E-state index contributed by atoms with van der Waals surface area (Å²) in [5.41, 5.74) is 0.503. The van der Waals surface area contributed by atoms with Crippen LogP contribution in [0, 0.1) is 3.57 Å². The third-order valence-corrected chi connectivity index (χ3v) is 6.83. The zero-order valence-corrected chi connectivity index (χ0v) is 22.2. The van der Waals surface area contributed by atoms with Crippen LogP contribution >= 0.6 is 34.8 Å². The summed E-state index contributed by atoms with van der Waals surface area (Å²) in [4.78, 5) is 39.0. The molecule has 33 heavy (non-hydrogen) atoms. The molecular formula is C24H34IN3O4S. The van der Waals surface area contributed by atoms with E-state index < -0.39 is 12.0 Å². The maximum absolute atomic E-state index is 12.6. The average Bonchev–Trinajstić information content (AvgIpc) is 2.79. The predicted octanol–water partition coefficient (Wildman–Crippen LogP) is 4.18. The van der Waals surface area contributed by atoms with Gasteiger partial charge in [-0.2, -0.15) is 0 Å². The van der Waals surface area contributed by atoms with Gasteiger partial charge in [0.2, 0.25) is 5.91 Å². The molecule has 1 aromatic carbocycles. The largest absolute Gasteiger partial charge is 0.466 e. The number of rotatable bonds is 12. The number of carbonyl (C=O) groups excluding carboxylic acids is 3. The van der Waals surface area contributed by atoms with Gasteiger partial charge in [0.05, 0.1) is 18.6 Å². The van der Waals surface area contributed by atoms with Crippen molar-refractivity contribution in [2.75, 3.05) is 19.7 Å². The van der Waals surface area contributed by atoms with E-state index in [2.05, 4.69) is 40.1 Å². The minimum Gasteiger partial charge on any atom is -0.466 e. The molecule has 9 heteroatoms. The summed E-state index contributed by atoms with van der Waals surface area (Å²) in [6.45, 7) is 3.36. The molecule has 1 aliphatic heterocycles. The Morgan fingerprint density at radius 2 is 1.82 bits per heavy atom. The number of ether oxygens (including phenoxy) is 1. The summed E-state index contributed by atoms with van der Waals surface area (Å²) in [6, 6.07) is 6.37. The van der Waals surface area contributed by atoms with Gasteiger partial charge < -0.3 is 15.0 Å². The molecular weight excluding hydrogens is 553 g/mol. The zero-order chi connectivity index (χ0) is 24.1. The Labute approximate surface area is 215 Å². The molecule has 0 aromatic heterocycles. The minimum absolute atomic E-state index is 0.109. The Bertz CT molecular complexity index is 821. The van der Waals surface area contributed by atoms with E-state index in [0.29, 0.717) is 25.3 Å². The van der Waals surface area contributed by atoms with Crippen molar-refractivity contribution in [3.05, 3.63) is 33.4 Å². The number of nitrogens with zero attached hydrogens (tertiary/aromatic N) is 1. The molecule has 1 aliphatic rings. The quantitative estimate of drug-likeness (QED) is 0.165. The fraction of sp³-hybridized carbons (Fsp3) is 0.583. The van der Waals surface area contributed by atoms with Gasteiger partial charge in [0.25, 0.3) is 5.91 Å². The summed E-state index contributed by atoms with van der Waals surface area (Å²) in [6.07, 6.45) is 9.21. The van der Waals surface area contributed by atoms with Gasteiger partial charge in [-0.05, 0) is 53.4 Å². The van der Waals surface area contributed by atoms with Crippen molar-refractivity contribution in [2.24, 2.45) is 0 Å². The molecule has 1 fully saturated rings. The predicted molar refractivity (Wildman–Crippen MR) is 141 cm³/mol. The van der Waals surface area contributed by atoms with Crippen LogP contribution in [0.2, 0.25) is 0 Å². The van der Waals surface area contributed by atoms with Gasteiger partial charge in [-0.25, -0.2) is 0 Å². The number of amides is 2. The number of hydrogen-bond acceptors (Lipinski definition) is 5. The van der Waals surface area contributed by atoms with Gasteiger partial charge in [0.1, 0.15) is 6.04 Å². The van der Waals surface area contributed by atoms with Crippen LogP contribution in [0.25, 0.3) is 0 Å². The Balaban J connectivity index is 1.78. The summed E-state index contributed by atoms with van der Waals surface area (Å²) in [5, 5.41) is 5.59. The van der Waals surface area contributed by atoms with Gasteiger partial charge in [-0.3, -0.25) is 19.7 Å². The third-order valence-electron chi connectivity index (χ3n) is 5.55. The molecule has 1 aromatic rings. The van der Waals surface area contributed by atoms with Crippen LogP contribution in [-0.2, 0) is 14.3 Å². The van der Waals surface area contributed by atoms with E-state index in [1.807, 2.05) is 12.1 Å². The Kier molecular flexibility index (Phi) is 12.7. The van der Waals surface area contributed by atoms with Crippen LogP contribution in [-0.4, -0.2) is 53.5 Å². The van der Waals surface area contributed by atoms with Crippen molar-refractivity contribution < 1.29 is 19.1 Å². The SMILES string of the molecule is CCCCCCCCCCOC(=O)CC1C(=O)NCCN1C(=S)NC(=O)c1ccccc1I. The lowest BCUT2D eigenvalue weighted by molar-refractivity contribution is -0.147. The summed E-state index contributed by atoms with van der Waals surface area (Å²) in [7, 11) is 0. The molecule has 1 atom stereocenters. The highest BCUT2D eigenvalue weighted by Crippen LogP contribution is 2.14. The van der Waals surface area contributed by atoms with Crippen LogP contribution in [0.4, 0.5) is 0 Å². The minimum atomic E-state index is -0.799. The van der Waals surface area contributed by atoms with Crippen molar-refractivity contribution in [3.8, 4) is 0 Å². The smallest absolute Gasteiger partial charge is 0.308 e. The second kappa shape index (κ2) is 15.2. The second-order valence-corrected chi connectivity index (χ2v) is 9.69. The molecule has 1 heterocycles. The van der Waals surface area contributed by atoms with Crippen molar-refractivity contribution >= 4 is 57.7 Å². The number of esters is 1. The van der Waals surface area contributed by atoms with E-state index in [1.54, 1.807) is 17.0 Å². The van der Waals surface area contributed by atoms with Crippen molar-refractivity contribution in [1.82, 2.24) is 15.5 Å². The number of carbonyl (C=O) groups is 3. The van der Waals surface area contributed by atoms with Gasteiger partial charge >= 0.3 is 5.97 Å². The van der Waals surface area contributed by atoms with Crippen molar-refractivity contribution in [2.45, 2.75) is 70.8 Å². The number of piperazine rings is 1. The lowest BCUT2D eigenvalue weighted by Gasteiger charge is -2.36. The number of nitrogens with one attached hydrogen (secondary N) is 2. The molecule has 1 saturated heterocycles. The Morgan fingerprint density at radius 1 is 1.15 bits per heavy atom. The topological polar surface area (TPSA) is 87.7 Å². The van der Waals surface area contributed by atoms with E-state index in [1.165, 1.54) is 32.1 Å². The van der Waals surface area contributed by atoms with Crippen LogP contribution < -0.4 is 10.6 Å². The van der Waals surface area contributed by atoms with Gasteiger partial charge in [-0.1, -0.05) is 64.0 Å². The lowest BCUT2D eigenvalue weighted by atomic mass is 10.1. The second-order valence-electron chi connectivity index (χ2n) is 8.14. The summed E-state index contributed by atoms with van der Waals surface area (Å²) >= 11 is 7.49. The summed E-state index contributed by atoms with van der Waals surface area (Å²) < 4.78 is 6.15. The molecule has 2 rings (SSSR count). The molecule has 1 unspecified atom stereocenters. The Hall–Kier alpha value is -1.75. The monoisotopic (exact) mass is 587 g/mol. The van der Waals surface area contributed by atoms with E-state index in [-0.39, 0.29) is 23.3 Å². The maximum atomic E-state index is 12.6. The molecule has 2 N–H and O–H groups in total. The van der Waals surface area contributed by atoms with Gasteiger partial charge in [0.15, 0.2) is 5.11 Å². The number of benzene rings is 1. The highest BCUT2D eigenvalue weighted by molar-refractivity contribution is 14.1. The molecule has 0 aliphatic carbocycles. The van der Waals surface area contributed by atoms with E-state index in [0.717, 1.165) is 22.8 Å². The van der Waals surface area contributed by atoms with Gasteiger partial charge in [-0.15, -0.1) is 0 Å². The molecule has 0 radical (unpaired) electrons. The highest BCUT2D eigenvalue weighted by Gasteiger charge is 2.34. The molecule has 182 valence electrons. The number of halogens is 1. The lowest BCUT2D eigenvalue weighted by Crippen LogP contribution is -2.60. The number of thiocarbonyl (C=S) groups is 1. The fourth-order valence-electron chi connectivity index (χ4n) is 3.68. The first kappa shape index (κ1) is 27.5. The van der Waals surface area contributed by atoms with Crippen LogP contribution in [0.1, 0.15) is 75.1 Å². The normalized spacial score (nSPS) is 15.6. The molecule has 0 saturated carbocycles. The van der Waals surface area contributed by atoms with Crippen LogP contribution in [0.5, 0.6) is 0 Å². The maximum Gasteiger partial charge on any atom is 0.308 e. The standard InChI is InChI=1S/C24H34IN3O4S/c1-2-3-4-5-6-7-8-11-16-32-21(29)17-20-23(31)26-14-15-28(20)24(33)27-22(30)18-12-9-10-13-19(18)25/h9-10,12-13,20H,2-8,11,14-17H2,1H3,(H,26,31)(H,27,30,33). The molecule has 0 spiro atoms. The number of unbranched alkanes of at least 4 members (excludes halogenated alkanes) is 7. The Morgan fingerprint density at radius 3 is 2.52 bits per heavy atom. The first-order chi connectivity index (χ1) is 15.9. The van der Waals surface area contributed by atoms with E-state index in [9.17, 15) is 14.4 Å². The first-order valence-electron chi connectivity index (χ1n) is 11.7. The molecule has 7 nitrogen and oxygen atoms in total. The van der Waals surface area contributed by atoms with Gasteiger partial charge in [0, 0.05) is 16.7 Å². The van der Waals surface area contributed by atoms with E-state index in [4.69, 9.17) is 17.0 Å². The van der Waals surface area contributed by atoms with Crippen molar-refractivity contribution in [3.63, 3.8) is 0 Å². The summed E-state index contributed by atoms with van der Waals surface area (Å²) in [5.74, 6) is -1.07. The fourth-order valence-corrected chi connectivity index (χ4v) is 4.62. The number of hydrogen-bond donors (Lipinski definition) is 2.